The van der Waals surface area contributed by atoms with Gasteiger partial charge in [-0.2, -0.15) is 0 Å². The Hall–Kier alpha value is -1.06. The molecule has 1 amide bonds. The molecule has 1 saturated heterocycles. The quantitative estimate of drug-likeness (QED) is 0.651. The number of rotatable bonds is 0. The first-order valence-electron chi connectivity index (χ1n) is 6.32. The van der Waals surface area contributed by atoms with E-state index < -0.39 is 5.60 Å². The van der Waals surface area contributed by atoms with Gasteiger partial charge in [-0.3, -0.25) is 9.69 Å². The lowest BCUT2D eigenvalue weighted by Crippen LogP contribution is -2.43. The number of hydrogen-bond donors (Lipinski definition) is 0. The summed E-state index contributed by atoms with van der Waals surface area (Å²) in [5, 5.41) is 0. The Morgan fingerprint density at radius 1 is 1.41 bits per heavy atom. The average molecular weight is 239 g/mol. The monoisotopic (exact) mass is 239 g/mol. The van der Waals surface area contributed by atoms with Gasteiger partial charge in [0.15, 0.2) is 5.78 Å². The minimum Gasteiger partial charge on any atom is -0.444 e. The molecular formula is C13H21NO3. The van der Waals surface area contributed by atoms with E-state index in [0.29, 0.717) is 24.8 Å². The van der Waals surface area contributed by atoms with Crippen LogP contribution in [-0.4, -0.2) is 35.0 Å². The third kappa shape index (κ3) is 2.31. The normalized spacial score (nSPS) is 32.8. The molecule has 1 aliphatic carbocycles. The minimum atomic E-state index is -0.500. The van der Waals surface area contributed by atoms with Gasteiger partial charge in [0.25, 0.3) is 0 Å². The molecule has 1 heterocycles. The van der Waals surface area contributed by atoms with Crippen molar-refractivity contribution in [1.82, 2.24) is 4.90 Å². The molecule has 2 rings (SSSR count). The lowest BCUT2D eigenvalue weighted by molar-refractivity contribution is -0.121. The topological polar surface area (TPSA) is 46.6 Å². The molecule has 0 spiro atoms. The Kier molecular flexibility index (Phi) is 2.92. The summed E-state index contributed by atoms with van der Waals surface area (Å²) in [5.41, 5.74) is -0.500. The summed E-state index contributed by atoms with van der Waals surface area (Å²) in [6, 6.07) is -0.222. The molecule has 17 heavy (non-hydrogen) atoms. The number of ketones is 1. The molecule has 0 aromatic rings. The van der Waals surface area contributed by atoms with Gasteiger partial charge in [-0.1, -0.05) is 6.92 Å². The Morgan fingerprint density at radius 2 is 2.06 bits per heavy atom. The van der Waals surface area contributed by atoms with Crippen molar-refractivity contribution in [2.45, 2.75) is 52.2 Å². The van der Waals surface area contributed by atoms with Crippen molar-refractivity contribution >= 4 is 11.9 Å². The molecule has 3 atom stereocenters. The number of nitrogens with zero attached hydrogens (tertiary/aromatic N) is 1. The predicted octanol–water partition coefficient (Wildman–Crippen LogP) is 2.22. The van der Waals surface area contributed by atoms with Crippen LogP contribution in [0.3, 0.4) is 0 Å². The summed E-state index contributed by atoms with van der Waals surface area (Å²) in [6.07, 6.45) is 1.19. The first-order chi connectivity index (χ1) is 7.79. The van der Waals surface area contributed by atoms with E-state index in [0.717, 1.165) is 6.42 Å². The van der Waals surface area contributed by atoms with E-state index in [1.165, 1.54) is 0 Å². The Labute approximate surface area is 102 Å². The van der Waals surface area contributed by atoms with Crippen molar-refractivity contribution < 1.29 is 14.3 Å². The number of fused-ring (bicyclic) bond motifs is 1. The summed E-state index contributed by atoms with van der Waals surface area (Å²) in [5.74, 6) is 0.944. The Bertz CT molecular complexity index is 345. The van der Waals surface area contributed by atoms with Crippen molar-refractivity contribution in [3.05, 3.63) is 0 Å². The average Bonchev–Trinajstić information content (AvgIpc) is 2.67. The van der Waals surface area contributed by atoms with E-state index in [1.54, 1.807) is 4.90 Å². The number of hydrogen-bond acceptors (Lipinski definition) is 3. The first kappa shape index (κ1) is 12.4. The number of ether oxygens (including phenoxy) is 1. The van der Waals surface area contributed by atoms with Crippen molar-refractivity contribution in [2.24, 2.45) is 11.8 Å². The van der Waals surface area contributed by atoms with Gasteiger partial charge >= 0.3 is 6.09 Å². The fraction of sp³-hybridized carbons (Fsp3) is 0.846. The lowest BCUT2D eigenvalue weighted by atomic mass is 9.94. The van der Waals surface area contributed by atoms with Crippen LogP contribution in [0.2, 0.25) is 0 Å². The summed E-state index contributed by atoms with van der Waals surface area (Å²) >= 11 is 0. The minimum absolute atomic E-state index is 0.199. The smallest absolute Gasteiger partial charge is 0.410 e. The van der Waals surface area contributed by atoms with E-state index in [1.807, 2.05) is 20.8 Å². The van der Waals surface area contributed by atoms with Crippen LogP contribution in [-0.2, 0) is 9.53 Å². The molecule has 0 radical (unpaired) electrons. The predicted molar refractivity (Wildman–Crippen MR) is 63.6 cm³/mol. The molecule has 0 unspecified atom stereocenters. The Balaban J connectivity index is 2.11. The molecule has 1 aliphatic heterocycles. The van der Waals surface area contributed by atoms with Crippen LogP contribution in [0.4, 0.5) is 4.79 Å². The number of carbonyl (C=O) groups excluding carboxylic acids is 2. The molecular weight excluding hydrogens is 218 g/mol. The van der Waals surface area contributed by atoms with Crippen LogP contribution in [0.5, 0.6) is 0 Å². The molecule has 2 fully saturated rings. The van der Waals surface area contributed by atoms with E-state index in [-0.39, 0.29) is 17.9 Å². The number of carbonyl (C=O) groups is 2. The third-order valence-corrected chi connectivity index (χ3v) is 3.64. The second-order valence-electron chi connectivity index (χ2n) is 6.22. The van der Waals surface area contributed by atoms with E-state index in [9.17, 15) is 9.59 Å². The number of Topliss-reactive ketones (excluding diaryl/α,β-unsaturated/α-hetero) is 1. The maximum atomic E-state index is 12.0. The molecule has 0 N–H and O–H groups in total. The van der Waals surface area contributed by atoms with Crippen LogP contribution in [0.15, 0.2) is 0 Å². The van der Waals surface area contributed by atoms with Crippen LogP contribution < -0.4 is 0 Å². The second kappa shape index (κ2) is 4.00. The second-order valence-corrected chi connectivity index (χ2v) is 6.22. The van der Waals surface area contributed by atoms with Gasteiger partial charge in [0.2, 0.25) is 0 Å². The van der Waals surface area contributed by atoms with E-state index >= 15 is 0 Å². The zero-order valence-corrected chi connectivity index (χ0v) is 11.0. The third-order valence-electron chi connectivity index (χ3n) is 3.64. The highest BCUT2D eigenvalue weighted by Gasteiger charge is 2.50. The van der Waals surface area contributed by atoms with Gasteiger partial charge < -0.3 is 4.74 Å². The zero-order chi connectivity index (χ0) is 12.8. The highest BCUT2D eigenvalue weighted by Crippen LogP contribution is 2.39. The van der Waals surface area contributed by atoms with E-state index in [4.69, 9.17) is 4.74 Å². The molecule has 0 aromatic heterocycles. The van der Waals surface area contributed by atoms with Crippen LogP contribution in [0, 0.1) is 11.8 Å². The molecule has 0 aromatic carbocycles. The Morgan fingerprint density at radius 3 is 2.65 bits per heavy atom. The molecule has 4 nitrogen and oxygen atoms in total. The summed E-state index contributed by atoms with van der Waals surface area (Å²) in [7, 11) is 0. The largest absolute Gasteiger partial charge is 0.444 e. The first-order valence-corrected chi connectivity index (χ1v) is 6.32. The van der Waals surface area contributed by atoms with Crippen molar-refractivity contribution in [3.63, 3.8) is 0 Å². The summed E-state index contributed by atoms with van der Waals surface area (Å²) < 4.78 is 5.36. The molecule has 2 aliphatic rings. The number of likely N-dealkylation sites (tertiary alicyclic amines) is 1. The van der Waals surface area contributed by atoms with Gasteiger partial charge in [-0.05, 0) is 39.0 Å². The number of amides is 1. The van der Waals surface area contributed by atoms with Gasteiger partial charge in [-0.15, -0.1) is 0 Å². The highest BCUT2D eigenvalue weighted by molar-refractivity contribution is 5.90. The SMILES string of the molecule is C[C@@H]1CN(C(=O)OC(C)(C)C)[C@@H]2C(=O)CC[C@H]12. The van der Waals surface area contributed by atoms with Gasteiger partial charge in [0, 0.05) is 13.0 Å². The van der Waals surface area contributed by atoms with Crippen molar-refractivity contribution in [1.29, 1.82) is 0 Å². The van der Waals surface area contributed by atoms with Crippen LogP contribution in [0.1, 0.15) is 40.5 Å². The van der Waals surface area contributed by atoms with Crippen molar-refractivity contribution in [3.8, 4) is 0 Å². The fourth-order valence-corrected chi connectivity index (χ4v) is 2.92. The van der Waals surface area contributed by atoms with Crippen LogP contribution in [0.25, 0.3) is 0 Å². The molecule has 4 heteroatoms. The standard InChI is InChI=1S/C13H21NO3/c1-8-7-14(12(16)17-13(2,3)4)11-9(8)5-6-10(11)15/h8-9,11H,5-7H2,1-4H3/t8-,9-,11+/m1/s1. The van der Waals surface area contributed by atoms with Crippen LogP contribution >= 0.6 is 0 Å². The maximum absolute atomic E-state index is 12.0. The summed E-state index contributed by atoms with van der Waals surface area (Å²) in [6.45, 7) is 8.30. The highest BCUT2D eigenvalue weighted by atomic mass is 16.6. The van der Waals surface area contributed by atoms with Gasteiger partial charge in [-0.25, -0.2) is 4.79 Å². The van der Waals surface area contributed by atoms with Gasteiger partial charge in [0.05, 0.1) is 6.04 Å². The molecule has 1 saturated carbocycles. The van der Waals surface area contributed by atoms with E-state index in [2.05, 4.69) is 6.92 Å². The lowest BCUT2D eigenvalue weighted by Gasteiger charge is -2.27. The van der Waals surface area contributed by atoms with Gasteiger partial charge in [0.1, 0.15) is 5.60 Å². The fourth-order valence-electron chi connectivity index (χ4n) is 2.92. The maximum Gasteiger partial charge on any atom is 0.410 e. The summed E-state index contributed by atoms with van der Waals surface area (Å²) in [4.78, 5) is 25.5. The van der Waals surface area contributed by atoms with Crippen molar-refractivity contribution in [2.75, 3.05) is 6.54 Å². The molecule has 96 valence electrons. The molecule has 0 bridgehead atoms. The zero-order valence-electron chi connectivity index (χ0n) is 11.0.